The lowest BCUT2D eigenvalue weighted by Gasteiger charge is -2.22. The van der Waals surface area contributed by atoms with E-state index in [1.807, 2.05) is 49.1 Å². The van der Waals surface area contributed by atoms with Crippen molar-refractivity contribution in [1.29, 1.82) is 5.41 Å². The largest absolute Gasteiger partial charge is 0.480 e. The van der Waals surface area contributed by atoms with E-state index in [4.69, 9.17) is 10.1 Å². The zero-order valence-electron chi connectivity index (χ0n) is 16.0. The molecule has 8 nitrogen and oxygen atoms in total. The molecule has 0 unspecified atom stereocenters. The minimum atomic E-state index is -1.09. The average Bonchev–Trinajstić information content (AvgIpc) is 2.66. The van der Waals surface area contributed by atoms with Crippen molar-refractivity contribution in [1.82, 2.24) is 15.5 Å². The molecule has 0 saturated carbocycles. The summed E-state index contributed by atoms with van der Waals surface area (Å²) in [5.41, 5.74) is 0.834. The predicted molar refractivity (Wildman–Crippen MR) is 104 cm³/mol. The lowest BCUT2D eigenvalue weighted by atomic mass is 10.1. The van der Waals surface area contributed by atoms with Gasteiger partial charge in [0, 0.05) is 19.6 Å². The minimum Gasteiger partial charge on any atom is -0.480 e. The lowest BCUT2D eigenvalue weighted by molar-refractivity contribution is -0.139. The summed E-state index contributed by atoms with van der Waals surface area (Å²) in [5.74, 6) is -0.715. The van der Waals surface area contributed by atoms with E-state index >= 15 is 0 Å². The summed E-state index contributed by atoms with van der Waals surface area (Å²) in [6.45, 7) is 6.17. The van der Waals surface area contributed by atoms with E-state index in [1.54, 1.807) is 0 Å². The highest BCUT2D eigenvalue weighted by atomic mass is 16.5. The van der Waals surface area contributed by atoms with Crippen molar-refractivity contribution >= 4 is 18.0 Å². The van der Waals surface area contributed by atoms with Gasteiger partial charge in [-0.3, -0.25) is 5.41 Å². The van der Waals surface area contributed by atoms with E-state index in [1.165, 1.54) is 0 Å². The number of amides is 1. The molecule has 0 spiro atoms. The number of unbranched alkanes of at least 4 members (excludes halogenated alkanes) is 1. The van der Waals surface area contributed by atoms with Gasteiger partial charge in [0.2, 0.25) is 0 Å². The van der Waals surface area contributed by atoms with Crippen molar-refractivity contribution in [2.24, 2.45) is 0 Å². The van der Waals surface area contributed by atoms with Gasteiger partial charge >= 0.3 is 12.1 Å². The fourth-order valence-corrected chi connectivity index (χ4v) is 2.50. The van der Waals surface area contributed by atoms with Crippen molar-refractivity contribution in [2.45, 2.75) is 45.8 Å². The van der Waals surface area contributed by atoms with Gasteiger partial charge in [-0.15, -0.1) is 0 Å². The van der Waals surface area contributed by atoms with E-state index < -0.39 is 18.1 Å². The molecule has 4 N–H and O–H groups in total. The first-order valence-electron chi connectivity index (χ1n) is 9.25. The number of aliphatic carboxylic acids is 1. The Bertz CT molecular complexity index is 591. The number of benzene rings is 1. The van der Waals surface area contributed by atoms with Crippen LogP contribution in [0.5, 0.6) is 0 Å². The maximum absolute atomic E-state index is 11.8. The van der Waals surface area contributed by atoms with E-state index in [2.05, 4.69) is 10.6 Å². The summed E-state index contributed by atoms with van der Waals surface area (Å²) in [5, 5.41) is 22.6. The number of rotatable bonds is 11. The Morgan fingerprint density at radius 2 is 1.85 bits per heavy atom. The number of hydrogen-bond donors (Lipinski definition) is 4. The molecule has 0 fully saturated rings. The van der Waals surface area contributed by atoms with Crippen LogP contribution in [-0.2, 0) is 16.1 Å². The number of carbonyl (C=O) groups excluding carboxylic acids is 1. The molecule has 0 aromatic heterocycles. The summed E-state index contributed by atoms with van der Waals surface area (Å²) in [7, 11) is 0. The molecule has 0 saturated heterocycles. The molecule has 1 aromatic rings. The molecule has 0 aliphatic rings. The first-order valence-corrected chi connectivity index (χ1v) is 9.25. The molecule has 0 bridgehead atoms. The highest BCUT2D eigenvalue weighted by Crippen LogP contribution is 2.04. The Labute approximate surface area is 160 Å². The van der Waals surface area contributed by atoms with Gasteiger partial charge in [0.25, 0.3) is 0 Å². The number of ether oxygens (including phenoxy) is 1. The van der Waals surface area contributed by atoms with Crippen LogP contribution in [0.4, 0.5) is 4.79 Å². The number of carbonyl (C=O) groups is 2. The topological polar surface area (TPSA) is 115 Å². The van der Waals surface area contributed by atoms with Crippen LogP contribution in [0, 0.1) is 5.41 Å². The molecule has 1 amide bonds. The number of hydrogen-bond acceptors (Lipinski definition) is 4. The van der Waals surface area contributed by atoms with Gasteiger partial charge in [-0.2, -0.15) is 0 Å². The third-order valence-corrected chi connectivity index (χ3v) is 4.09. The zero-order valence-corrected chi connectivity index (χ0v) is 16.0. The molecule has 1 atom stereocenters. The van der Waals surface area contributed by atoms with E-state index in [0.29, 0.717) is 31.8 Å². The highest BCUT2D eigenvalue weighted by Gasteiger charge is 2.20. The van der Waals surface area contributed by atoms with Crippen LogP contribution < -0.4 is 10.6 Å². The van der Waals surface area contributed by atoms with Crippen LogP contribution in [-0.4, -0.2) is 53.7 Å². The van der Waals surface area contributed by atoms with Crippen molar-refractivity contribution < 1.29 is 19.4 Å². The predicted octanol–water partition coefficient (Wildman–Crippen LogP) is 2.40. The van der Waals surface area contributed by atoms with Gasteiger partial charge in [-0.25, -0.2) is 9.59 Å². The number of carboxylic acid groups (broad SMARTS) is 1. The van der Waals surface area contributed by atoms with Crippen molar-refractivity contribution in [3.05, 3.63) is 35.9 Å². The smallest absolute Gasteiger partial charge is 0.408 e. The second kappa shape index (κ2) is 12.6. The van der Waals surface area contributed by atoms with Crippen molar-refractivity contribution in [3.63, 3.8) is 0 Å². The first-order chi connectivity index (χ1) is 13.0. The maximum Gasteiger partial charge on any atom is 0.408 e. The standard InChI is InChI=1S/C19H30N4O4/c1-3-23(4-2)18(20)21-13-9-8-12-16(17(24)25)22-19(26)27-14-15-10-6-5-7-11-15/h5-7,10-11,16H,3-4,8-9,12-14H2,1-2H3,(H2,20,21)(H,22,26)(H,24,25)/t16-/m0/s1. The van der Waals surface area contributed by atoms with Crippen LogP contribution >= 0.6 is 0 Å². The third-order valence-electron chi connectivity index (χ3n) is 4.09. The number of alkyl carbamates (subject to hydrolysis) is 1. The SMILES string of the molecule is CCN(CC)C(=N)NCCCC[C@H](NC(=O)OCc1ccccc1)C(=O)O. The molecule has 0 radical (unpaired) electrons. The number of guanidine groups is 1. The maximum atomic E-state index is 11.8. The molecule has 0 aliphatic carbocycles. The fourth-order valence-electron chi connectivity index (χ4n) is 2.50. The van der Waals surface area contributed by atoms with Crippen molar-refractivity contribution in [3.8, 4) is 0 Å². The van der Waals surface area contributed by atoms with Gasteiger partial charge in [0.05, 0.1) is 0 Å². The van der Waals surface area contributed by atoms with E-state index in [9.17, 15) is 14.7 Å². The molecule has 27 heavy (non-hydrogen) atoms. The summed E-state index contributed by atoms with van der Waals surface area (Å²) in [4.78, 5) is 25.0. The highest BCUT2D eigenvalue weighted by molar-refractivity contribution is 5.79. The third kappa shape index (κ3) is 8.94. The molecule has 150 valence electrons. The average molecular weight is 378 g/mol. The summed E-state index contributed by atoms with van der Waals surface area (Å²) >= 11 is 0. The summed E-state index contributed by atoms with van der Waals surface area (Å²) in [6, 6.07) is 8.20. The first kappa shape index (κ1) is 22.3. The number of carboxylic acids is 1. The minimum absolute atomic E-state index is 0.0937. The summed E-state index contributed by atoms with van der Waals surface area (Å²) < 4.78 is 5.06. The molecule has 0 aliphatic heterocycles. The quantitative estimate of drug-likeness (QED) is 0.267. The number of nitrogens with one attached hydrogen (secondary N) is 3. The molecular formula is C19H30N4O4. The Kier molecular flexibility index (Phi) is 10.4. The van der Waals surface area contributed by atoms with Crippen LogP contribution in [0.15, 0.2) is 30.3 Å². The van der Waals surface area contributed by atoms with Gasteiger partial charge < -0.3 is 25.4 Å². The second-order valence-corrected chi connectivity index (χ2v) is 6.04. The Balaban J connectivity index is 2.28. The van der Waals surface area contributed by atoms with Crippen LogP contribution in [0.3, 0.4) is 0 Å². The van der Waals surface area contributed by atoms with Crippen LogP contribution in [0.25, 0.3) is 0 Å². The second-order valence-electron chi connectivity index (χ2n) is 6.04. The van der Waals surface area contributed by atoms with Gasteiger partial charge in [0.1, 0.15) is 12.6 Å². The molecular weight excluding hydrogens is 348 g/mol. The van der Waals surface area contributed by atoms with Crippen molar-refractivity contribution in [2.75, 3.05) is 19.6 Å². The Hall–Kier alpha value is -2.77. The normalized spacial score (nSPS) is 11.3. The molecule has 0 heterocycles. The fraction of sp³-hybridized carbons (Fsp3) is 0.526. The molecule has 1 rings (SSSR count). The van der Waals surface area contributed by atoms with Crippen LogP contribution in [0.1, 0.15) is 38.7 Å². The van der Waals surface area contributed by atoms with Gasteiger partial charge in [-0.05, 0) is 38.7 Å². The summed E-state index contributed by atoms with van der Waals surface area (Å²) in [6.07, 6.45) is 0.867. The molecule has 1 aromatic carbocycles. The van der Waals surface area contributed by atoms with Gasteiger partial charge in [0.15, 0.2) is 5.96 Å². The monoisotopic (exact) mass is 378 g/mol. The van der Waals surface area contributed by atoms with E-state index in [-0.39, 0.29) is 6.61 Å². The molecule has 8 heteroatoms. The zero-order chi connectivity index (χ0) is 20.1. The van der Waals surface area contributed by atoms with Gasteiger partial charge in [-0.1, -0.05) is 30.3 Å². The number of nitrogens with zero attached hydrogens (tertiary/aromatic N) is 1. The van der Waals surface area contributed by atoms with E-state index in [0.717, 1.165) is 18.7 Å². The Morgan fingerprint density at radius 1 is 1.19 bits per heavy atom. The lowest BCUT2D eigenvalue weighted by Crippen LogP contribution is -2.42. The Morgan fingerprint density at radius 3 is 2.44 bits per heavy atom. The van der Waals surface area contributed by atoms with Crippen LogP contribution in [0.2, 0.25) is 0 Å².